The maximum atomic E-state index is 12.0. The number of aromatic nitrogens is 4. The number of nitrogens with one attached hydrogen (secondary N) is 1. The van der Waals surface area contributed by atoms with Crippen LogP contribution in [0.3, 0.4) is 0 Å². The van der Waals surface area contributed by atoms with Crippen LogP contribution in [0.4, 0.5) is 5.69 Å². The molecule has 0 fully saturated rings. The van der Waals surface area contributed by atoms with E-state index in [4.69, 9.17) is 9.15 Å². The lowest BCUT2D eigenvalue weighted by Gasteiger charge is -2.10. The number of fused-ring (bicyclic) bond motifs is 1. The molecule has 3 aromatic rings. The average molecular weight is 381 g/mol. The van der Waals surface area contributed by atoms with Crippen LogP contribution in [0.1, 0.15) is 51.1 Å². The molecule has 0 aliphatic carbocycles. The molecule has 146 valence electrons. The summed E-state index contributed by atoms with van der Waals surface area (Å²) in [5, 5.41) is 7.74. The molecule has 1 aromatic carbocycles. The summed E-state index contributed by atoms with van der Waals surface area (Å²) in [5.74, 6) is 0.346. The van der Waals surface area contributed by atoms with Crippen LogP contribution in [0, 0.1) is 0 Å². The molecular formula is C20H23N5O3. The fourth-order valence-corrected chi connectivity index (χ4v) is 3.27. The van der Waals surface area contributed by atoms with Crippen molar-refractivity contribution in [1.82, 2.24) is 19.7 Å². The van der Waals surface area contributed by atoms with Gasteiger partial charge in [-0.25, -0.2) is 9.78 Å². The van der Waals surface area contributed by atoms with Gasteiger partial charge in [-0.15, -0.1) is 5.10 Å². The standard InChI is InChI=1S/C20H23N5O3/c1-11(2)25-20(26)28-19(24-25)15-8-22-16-6-5-13(7-14(15)16)17-9-21-10-18(23-17)27-12(3)4/h5-7,9-12,15,22H,8H2,1-4H3. The molecule has 0 saturated carbocycles. The van der Waals surface area contributed by atoms with Crippen molar-refractivity contribution in [3.05, 3.63) is 52.6 Å². The van der Waals surface area contributed by atoms with Gasteiger partial charge in [0.2, 0.25) is 11.8 Å². The summed E-state index contributed by atoms with van der Waals surface area (Å²) in [7, 11) is 0. The van der Waals surface area contributed by atoms with Crippen molar-refractivity contribution in [1.29, 1.82) is 0 Å². The molecule has 0 radical (unpaired) electrons. The monoisotopic (exact) mass is 381 g/mol. The van der Waals surface area contributed by atoms with Crippen LogP contribution in [0.15, 0.2) is 39.8 Å². The number of anilines is 1. The summed E-state index contributed by atoms with van der Waals surface area (Å²) in [4.78, 5) is 20.8. The minimum absolute atomic E-state index is 0.0251. The minimum Gasteiger partial charge on any atom is -0.474 e. The Hall–Kier alpha value is -3.16. The van der Waals surface area contributed by atoms with Crippen LogP contribution in [0.5, 0.6) is 5.88 Å². The topological polar surface area (TPSA) is 95.1 Å². The van der Waals surface area contributed by atoms with Gasteiger partial charge in [0.05, 0.1) is 36.2 Å². The highest BCUT2D eigenvalue weighted by molar-refractivity contribution is 5.69. The van der Waals surface area contributed by atoms with Crippen LogP contribution in [-0.4, -0.2) is 32.4 Å². The van der Waals surface area contributed by atoms with Gasteiger partial charge in [-0.1, -0.05) is 6.07 Å². The highest BCUT2D eigenvalue weighted by Gasteiger charge is 2.29. The zero-order chi connectivity index (χ0) is 19.8. The second kappa shape index (κ2) is 7.10. The number of ether oxygens (including phenoxy) is 1. The Balaban J connectivity index is 1.70. The zero-order valence-electron chi connectivity index (χ0n) is 16.3. The number of nitrogens with zero attached hydrogens (tertiary/aromatic N) is 4. The number of hydrogen-bond acceptors (Lipinski definition) is 7. The van der Waals surface area contributed by atoms with Crippen molar-refractivity contribution in [2.75, 3.05) is 11.9 Å². The lowest BCUT2D eigenvalue weighted by Crippen LogP contribution is -2.17. The summed E-state index contributed by atoms with van der Waals surface area (Å²) in [6.45, 7) is 8.32. The highest BCUT2D eigenvalue weighted by atomic mass is 16.5. The predicted molar refractivity (Wildman–Crippen MR) is 105 cm³/mol. The quantitative estimate of drug-likeness (QED) is 0.725. The normalized spacial score (nSPS) is 15.7. The molecule has 8 heteroatoms. The van der Waals surface area contributed by atoms with Crippen LogP contribution < -0.4 is 15.8 Å². The van der Waals surface area contributed by atoms with Crippen molar-refractivity contribution >= 4 is 5.69 Å². The Morgan fingerprint density at radius 3 is 2.79 bits per heavy atom. The Bertz CT molecular complexity index is 1050. The van der Waals surface area contributed by atoms with Gasteiger partial charge < -0.3 is 14.5 Å². The van der Waals surface area contributed by atoms with E-state index in [0.717, 1.165) is 22.5 Å². The molecule has 1 aliphatic heterocycles. The van der Waals surface area contributed by atoms with Crippen molar-refractivity contribution in [2.24, 2.45) is 0 Å². The first kappa shape index (κ1) is 18.2. The first-order valence-corrected chi connectivity index (χ1v) is 9.39. The minimum atomic E-state index is -0.431. The molecule has 4 rings (SSSR count). The Kier molecular flexibility index (Phi) is 4.62. The van der Waals surface area contributed by atoms with Gasteiger partial charge in [-0.2, -0.15) is 4.68 Å². The molecule has 3 heterocycles. The van der Waals surface area contributed by atoms with E-state index in [1.807, 2.05) is 45.9 Å². The van der Waals surface area contributed by atoms with Crippen molar-refractivity contribution < 1.29 is 9.15 Å². The first-order valence-electron chi connectivity index (χ1n) is 9.39. The Labute approximate surface area is 162 Å². The molecule has 0 bridgehead atoms. The van der Waals surface area contributed by atoms with Crippen molar-refractivity contribution in [2.45, 2.75) is 45.8 Å². The Morgan fingerprint density at radius 2 is 2.07 bits per heavy atom. The van der Waals surface area contributed by atoms with E-state index in [-0.39, 0.29) is 18.1 Å². The van der Waals surface area contributed by atoms with E-state index in [0.29, 0.717) is 18.3 Å². The predicted octanol–water partition coefficient (Wildman–Crippen LogP) is 3.22. The molecule has 1 atom stereocenters. The van der Waals surface area contributed by atoms with Gasteiger partial charge >= 0.3 is 5.76 Å². The summed E-state index contributed by atoms with van der Waals surface area (Å²) >= 11 is 0. The first-order chi connectivity index (χ1) is 13.4. The third kappa shape index (κ3) is 3.37. The van der Waals surface area contributed by atoms with Crippen molar-refractivity contribution in [3.63, 3.8) is 0 Å². The summed E-state index contributed by atoms with van der Waals surface area (Å²) < 4.78 is 12.5. The summed E-state index contributed by atoms with van der Waals surface area (Å²) in [6.07, 6.45) is 3.34. The molecular weight excluding hydrogens is 358 g/mol. The van der Waals surface area contributed by atoms with Gasteiger partial charge in [-0.05, 0) is 45.4 Å². The third-order valence-electron chi connectivity index (χ3n) is 4.56. The summed E-state index contributed by atoms with van der Waals surface area (Å²) in [5.41, 5.74) is 3.66. The van der Waals surface area contributed by atoms with Gasteiger partial charge in [-0.3, -0.25) is 4.98 Å². The zero-order valence-corrected chi connectivity index (χ0v) is 16.3. The SMILES string of the molecule is CC(C)Oc1cncc(-c2ccc3c(c2)C(c2nn(C(C)C)c(=O)o2)CN3)n1. The van der Waals surface area contributed by atoms with Crippen LogP contribution in [0.25, 0.3) is 11.3 Å². The second-order valence-electron chi connectivity index (χ2n) is 7.39. The molecule has 1 aliphatic rings. The van der Waals surface area contributed by atoms with E-state index < -0.39 is 5.76 Å². The van der Waals surface area contributed by atoms with Crippen LogP contribution in [-0.2, 0) is 0 Å². The molecule has 1 N–H and O–H groups in total. The highest BCUT2D eigenvalue weighted by Crippen LogP contribution is 2.37. The maximum Gasteiger partial charge on any atom is 0.437 e. The lowest BCUT2D eigenvalue weighted by molar-refractivity contribution is 0.232. The van der Waals surface area contributed by atoms with Gasteiger partial charge in [0.25, 0.3) is 0 Å². The van der Waals surface area contributed by atoms with E-state index in [1.54, 1.807) is 12.4 Å². The van der Waals surface area contributed by atoms with Gasteiger partial charge in [0.15, 0.2) is 0 Å². The second-order valence-corrected chi connectivity index (χ2v) is 7.39. The van der Waals surface area contributed by atoms with Gasteiger partial charge in [0, 0.05) is 17.8 Å². The molecule has 0 amide bonds. The molecule has 28 heavy (non-hydrogen) atoms. The Morgan fingerprint density at radius 1 is 1.25 bits per heavy atom. The molecule has 2 aromatic heterocycles. The van der Waals surface area contributed by atoms with E-state index in [2.05, 4.69) is 20.4 Å². The largest absolute Gasteiger partial charge is 0.474 e. The number of benzene rings is 1. The molecule has 1 unspecified atom stereocenters. The van der Waals surface area contributed by atoms with Crippen LogP contribution >= 0.6 is 0 Å². The summed E-state index contributed by atoms with van der Waals surface area (Å²) in [6, 6.07) is 5.97. The maximum absolute atomic E-state index is 12.0. The molecule has 8 nitrogen and oxygen atoms in total. The number of rotatable bonds is 5. The van der Waals surface area contributed by atoms with Crippen molar-refractivity contribution in [3.8, 4) is 17.1 Å². The molecule has 0 saturated heterocycles. The van der Waals surface area contributed by atoms with E-state index >= 15 is 0 Å². The molecule has 0 spiro atoms. The average Bonchev–Trinajstić information content (AvgIpc) is 3.24. The van der Waals surface area contributed by atoms with E-state index in [9.17, 15) is 4.79 Å². The number of hydrogen-bond donors (Lipinski definition) is 1. The fourth-order valence-electron chi connectivity index (χ4n) is 3.27. The fraction of sp³-hybridized carbons (Fsp3) is 0.400. The van der Waals surface area contributed by atoms with Gasteiger partial charge in [0.1, 0.15) is 0 Å². The third-order valence-corrected chi connectivity index (χ3v) is 4.56. The van der Waals surface area contributed by atoms with Crippen LogP contribution in [0.2, 0.25) is 0 Å². The smallest absolute Gasteiger partial charge is 0.437 e. The lowest BCUT2D eigenvalue weighted by atomic mass is 9.98. The van der Waals surface area contributed by atoms with E-state index in [1.165, 1.54) is 4.68 Å².